The van der Waals surface area contributed by atoms with E-state index >= 15 is 0 Å². The molecule has 0 aromatic carbocycles. The second-order valence-corrected chi connectivity index (χ2v) is 4.02. The van der Waals surface area contributed by atoms with Crippen molar-refractivity contribution < 1.29 is 4.42 Å². The van der Waals surface area contributed by atoms with Crippen LogP contribution < -0.4 is 5.32 Å². The van der Waals surface area contributed by atoms with Crippen molar-refractivity contribution in [3.05, 3.63) is 23.1 Å². The van der Waals surface area contributed by atoms with E-state index in [4.69, 9.17) is 16.0 Å². The van der Waals surface area contributed by atoms with Crippen LogP contribution in [0.15, 0.2) is 16.5 Å². The van der Waals surface area contributed by atoms with Crippen LogP contribution >= 0.6 is 11.6 Å². The molecule has 1 atom stereocenters. The Kier molecular flexibility index (Phi) is 4.45. The minimum atomic E-state index is 0.447. The summed E-state index contributed by atoms with van der Waals surface area (Å²) in [6, 6.07) is 4.16. The Morgan fingerprint density at radius 1 is 1.50 bits per heavy atom. The molecule has 1 aromatic rings. The highest BCUT2D eigenvalue weighted by Crippen LogP contribution is 2.12. The lowest BCUT2D eigenvalue weighted by molar-refractivity contribution is 0.299. The van der Waals surface area contributed by atoms with E-state index in [0.29, 0.717) is 11.3 Å². The minimum absolute atomic E-state index is 0.447. The van der Waals surface area contributed by atoms with E-state index in [1.165, 1.54) is 0 Å². The molecule has 80 valence electrons. The van der Waals surface area contributed by atoms with E-state index < -0.39 is 0 Å². The largest absolute Gasteiger partial charge is 0.448 e. The molecule has 0 aliphatic carbocycles. The van der Waals surface area contributed by atoms with Crippen LogP contribution in [0.4, 0.5) is 0 Å². The Morgan fingerprint density at radius 2 is 2.21 bits per heavy atom. The SMILES string of the molecule is CC(CNCc1ccc(Cl)o1)N(C)C. The maximum atomic E-state index is 5.65. The smallest absolute Gasteiger partial charge is 0.193 e. The first kappa shape index (κ1) is 11.6. The van der Waals surface area contributed by atoms with Crippen molar-refractivity contribution in [2.24, 2.45) is 0 Å². The third-order valence-electron chi connectivity index (χ3n) is 2.25. The summed E-state index contributed by atoms with van der Waals surface area (Å²) in [5.74, 6) is 0.876. The van der Waals surface area contributed by atoms with Crippen LogP contribution in [0.1, 0.15) is 12.7 Å². The van der Waals surface area contributed by atoms with Gasteiger partial charge in [0.1, 0.15) is 5.76 Å². The van der Waals surface area contributed by atoms with Gasteiger partial charge in [-0.15, -0.1) is 0 Å². The summed E-state index contributed by atoms with van der Waals surface area (Å²) in [7, 11) is 4.13. The number of hydrogen-bond acceptors (Lipinski definition) is 3. The van der Waals surface area contributed by atoms with Crippen LogP contribution in [0.25, 0.3) is 0 Å². The number of nitrogens with zero attached hydrogens (tertiary/aromatic N) is 1. The number of rotatable bonds is 5. The molecule has 3 nitrogen and oxygen atoms in total. The van der Waals surface area contributed by atoms with Gasteiger partial charge in [-0.2, -0.15) is 0 Å². The predicted octanol–water partition coefficient (Wildman–Crippen LogP) is 1.97. The Bertz CT molecular complexity index is 273. The molecule has 0 amide bonds. The van der Waals surface area contributed by atoms with Crippen LogP contribution in [0.3, 0.4) is 0 Å². The van der Waals surface area contributed by atoms with Gasteiger partial charge in [0.2, 0.25) is 0 Å². The first-order valence-electron chi connectivity index (χ1n) is 4.71. The number of furan rings is 1. The van der Waals surface area contributed by atoms with E-state index in [9.17, 15) is 0 Å². The second-order valence-electron chi connectivity index (χ2n) is 3.65. The van der Waals surface area contributed by atoms with Crippen molar-refractivity contribution in [1.29, 1.82) is 0 Å². The molecule has 1 heterocycles. The molecule has 0 radical (unpaired) electrons. The molecule has 0 fully saturated rings. The molecular weight excluding hydrogens is 200 g/mol. The topological polar surface area (TPSA) is 28.4 Å². The molecule has 1 rings (SSSR count). The molecule has 0 aliphatic rings. The molecule has 1 aromatic heterocycles. The van der Waals surface area contributed by atoms with Gasteiger partial charge in [-0.1, -0.05) is 0 Å². The molecule has 0 saturated heterocycles. The van der Waals surface area contributed by atoms with Gasteiger partial charge in [0.05, 0.1) is 6.54 Å². The molecule has 4 heteroatoms. The monoisotopic (exact) mass is 216 g/mol. The molecular formula is C10H17ClN2O. The fraction of sp³-hybridized carbons (Fsp3) is 0.600. The van der Waals surface area contributed by atoms with Crippen molar-refractivity contribution in [3.63, 3.8) is 0 Å². The number of hydrogen-bond donors (Lipinski definition) is 1. The van der Waals surface area contributed by atoms with Gasteiger partial charge in [-0.05, 0) is 44.8 Å². The average Bonchev–Trinajstić information content (AvgIpc) is 2.51. The maximum Gasteiger partial charge on any atom is 0.193 e. The third kappa shape index (κ3) is 3.70. The molecule has 0 bridgehead atoms. The van der Waals surface area contributed by atoms with Gasteiger partial charge in [0.15, 0.2) is 5.22 Å². The zero-order chi connectivity index (χ0) is 10.6. The quantitative estimate of drug-likeness (QED) is 0.816. The maximum absolute atomic E-state index is 5.65. The summed E-state index contributed by atoms with van der Waals surface area (Å²) in [5, 5.41) is 3.75. The Labute approximate surface area is 90.0 Å². The van der Waals surface area contributed by atoms with Gasteiger partial charge in [-0.3, -0.25) is 0 Å². The third-order valence-corrected chi connectivity index (χ3v) is 2.45. The zero-order valence-corrected chi connectivity index (χ0v) is 9.64. The minimum Gasteiger partial charge on any atom is -0.448 e. The van der Waals surface area contributed by atoms with E-state index in [1.54, 1.807) is 6.07 Å². The summed E-state index contributed by atoms with van der Waals surface area (Å²) in [6.45, 7) is 3.83. The summed E-state index contributed by atoms with van der Waals surface area (Å²) in [4.78, 5) is 2.17. The molecule has 0 spiro atoms. The van der Waals surface area contributed by atoms with Crippen molar-refractivity contribution in [2.75, 3.05) is 20.6 Å². The predicted molar refractivity (Wildman–Crippen MR) is 58.6 cm³/mol. The van der Waals surface area contributed by atoms with Crippen LogP contribution in [0.2, 0.25) is 5.22 Å². The first-order valence-corrected chi connectivity index (χ1v) is 5.08. The first-order chi connectivity index (χ1) is 6.59. The van der Waals surface area contributed by atoms with Gasteiger partial charge < -0.3 is 14.6 Å². The summed E-state index contributed by atoms with van der Waals surface area (Å²) < 4.78 is 5.22. The van der Waals surface area contributed by atoms with Crippen LogP contribution in [-0.2, 0) is 6.54 Å². The second kappa shape index (κ2) is 5.39. The van der Waals surface area contributed by atoms with Crippen molar-refractivity contribution in [1.82, 2.24) is 10.2 Å². The fourth-order valence-electron chi connectivity index (χ4n) is 1.03. The van der Waals surface area contributed by atoms with Crippen LogP contribution in [0, 0.1) is 0 Å². The van der Waals surface area contributed by atoms with Gasteiger partial charge >= 0.3 is 0 Å². The lowest BCUT2D eigenvalue weighted by Crippen LogP contribution is -2.35. The van der Waals surface area contributed by atoms with Gasteiger partial charge in [0, 0.05) is 12.6 Å². The molecule has 1 N–H and O–H groups in total. The van der Waals surface area contributed by atoms with Crippen molar-refractivity contribution in [2.45, 2.75) is 19.5 Å². The fourth-order valence-corrected chi connectivity index (χ4v) is 1.20. The highest BCUT2D eigenvalue weighted by atomic mass is 35.5. The van der Waals surface area contributed by atoms with E-state index in [1.807, 2.05) is 6.07 Å². The van der Waals surface area contributed by atoms with Crippen LogP contribution in [0.5, 0.6) is 0 Å². The van der Waals surface area contributed by atoms with E-state index in [2.05, 4.69) is 31.2 Å². The summed E-state index contributed by atoms with van der Waals surface area (Å²) >= 11 is 5.65. The Morgan fingerprint density at radius 3 is 2.71 bits per heavy atom. The van der Waals surface area contributed by atoms with Crippen LogP contribution in [-0.4, -0.2) is 31.6 Å². The standard InChI is InChI=1S/C10H17ClN2O/c1-8(13(2)3)6-12-7-9-4-5-10(11)14-9/h4-5,8,12H,6-7H2,1-3H3. The molecule has 1 unspecified atom stereocenters. The summed E-state index contributed by atoms with van der Waals surface area (Å²) in [5.41, 5.74) is 0. The molecule has 14 heavy (non-hydrogen) atoms. The molecule has 0 saturated carbocycles. The number of nitrogens with one attached hydrogen (secondary N) is 1. The normalized spacial score (nSPS) is 13.5. The highest BCUT2D eigenvalue weighted by molar-refractivity contribution is 6.28. The number of halogens is 1. The van der Waals surface area contributed by atoms with E-state index in [0.717, 1.165) is 18.8 Å². The average molecular weight is 217 g/mol. The van der Waals surface area contributed by atoms with E-state index in [-0.39, 0.29) is 0 Å². The van der Waals surface area contributed by atoms with Crippen molar-refractivity contribution >= 4 is 11.6 Å². The highest BCUT2D eigenvalue weighted by Gasteiger charge is 2.04. The van der Waals surface area contributed by atoms with Gasteiger partial charge in [-0.25, -0.2) is 0 Å². The summed E-state index contributed by atoms with van der Waals surface area (Å²) in [6.07, 6.45) is 0. The van der Waals surface area contributed by atoms with Gasteiger partial charge in [0.25, 0.3) is 0 Å². The Balaban J connectivity index is 2.22. The Hall–Kier alpha value is -0.510. The lowest BCUT2D eigenvalue weighted by Gasteiger charge is -2.19. The number of likely N-dealkylation sites (N-methyl/N-ethyl adjacent to an activating group) is 1. The zero-order valence-electron chi connectivity index (χ0n) is 8.88. The lowest BCUT2D eigenvalue weighted by atomic mass is 10.3. The van der Waals surface area contributed by atoms with Crippen molar-refractivity contribution in [3.8, 4) is 0 Å². The molecule has 0 aliphatic heterocycles.